The standard InChI is InChI=1S/C14H19BrN2S2/c1-11-3-4-13(19-11)8-16-5-6-17(2)9-12-7-14(15)18-10-12/h3-4,7,10,16H,5-6,8-9H2,1-2H3. The molecule has 0 saturated carbocycles. The van der Waals surface area contributed by atoms with Gasteiger partial charge in [-0.1, -0.05) is 0 Å². The van der Waals surface area contributed by atoms with Gasteiger partial charge in [0, 0.05) is 35.9 Å². The number of rotatable bonds is 7. The number of hydrogen-bond donors (Lipinski definition) is 1. The third kappa shape index (κ3) is 5.36. The van der Waals surface area contributed by atoms with Gasteiger partial charge in [0.15, 0.2) is 0 Å². The van der Waals surface area contributed by atoms with Crippen LogP contribution in [0.5, 0.6) is 0 Å². The van der Waals surface area contributed by atoms with Gasteiger partial charge in [0.2, 0.25) is 0 Å². The summed E-state index contributed by atoms with van der Waals surface area (Å²) in [4.78, 5) is 5.15. The molecule has 2 heterocycles. The lowest BCUT2D eigenvalue weighted by Gasteiger charge is -2.15. The van der Waals surface area contributed by atoms with E-state index in [1.54, 1.807) is 11.3 Å². The maximum absolute atomic E-state index is 3.50. The second-order valence-corrected chi connectivity index (χ2v) is 8.35. The summed E-state index contributed by atoms with van der Waals surface area (Å²) in [5.41, 5.74) is 1.38. The van der Waals surface area contributed by atoms with Gasteiger partial charge in [-0.15, -0.1) is 22.7 Å². The molecule has 0 bridgehead atoms. The molecule has 0 atom stereocenters. The number of aryl methyl sites for hydroxylation is 1. The lowest BCUT2D eigenvalue weighted by molar-refractivity contribution is 0.324. The van der Waals surface area contributed by atoms with Crippen LogP contribution in [0.25, 0.3) is 0 Å². The van der Waals surface area contributed by atoms with E-state index in [2.05, 4.69) is 63.7 Å². The normalized spacial score (nSPS) is 11.4. The van der Waals surface area contributed by atoms with Gasteiger partial charge in [0.1, 0.15) is 0 Å². The maximum atomic E-state index is 3.50. The van der Waals surface area contributed by atoms with Crippen LogP contribution < -0.4 is 5.32 Å². The molecule has 2 aromatic rings. The highest BCUT2D eigenvalue weighted by atomic mass is 79.9. The quantitative estimate of drug-likeness (QED) is 0.749. The minimum Gasteiger partial charge on any atom is -0.311 e. The Morgan fingerprint density at radius 1 is 1.37 bits per heavy atom. The number of thiophene rings is 2. The molecule has 0 unspecified atom stereocenters. The van der Waals surface area contributed by atoms with E-state index in [-0.39, 0.29) is 0 Å². The van der Waals surface area contributed by atoms with Gasteiger partial charge in [-0.2, -0.15) is 0 Å². The van der Waals surface area contributed by atoms with E-state index in [4.69, 9.17) is 0 Å². The number of hydrogen-bond acceptors (Lipinski definition) is 4. The molecule has 5 heteroatoms. The van der Waals surface area contributed by atoms with Gasteiger partial charge >= 0.3 is 0 Å². The predicted octanol–water partition coefficient (Wildman–Crippen LogP) is 4.10. The molecule has 0 aliphatic carbocycles. The second-order valence-electron chi connectivity index (χ2n) is 4.69. The van der Waals surface area contributed by atoms with Gasteiger partial charge in [-0.25, -0.2) is 0 Å². The average molecular weight is 359 g/mol. The Balaban J connectivity index is 1.62. The van der Waals surface area contributed by atoms with Crippen LogP contribution in [0.4, 0.5) is 0 Å². The van der Waals surface area contributed by atoms with E-state index in [1.165, 1.54) is 19.1 Å². The molecular weight excluding hydrogens is 340 g/mol. The maximum Gasteiger partial charge on any atom is 0.0701 e. The first kappa shape index (κ1) is 15.2. The third-order valence-corrected chi connectivity index (χ3v) is 5.39. The highest BCUT2D eigenvalue weighted by Crippen LogP contribution is 2.21. The zero-order valence-corrected chi connectivity index (χ0v) is 14.5. The summed E-state index contributed by atoms with van der Waals surface area (Å²) in [5, 5.41) is 5.71. The Morgan fingerprint density at radius 3 is 2.84 bits per heavy atom. The number of halogens is 1. The molecule has 0 saturated heterocycles. The van der Waals surface area contributed by atoms with Crippen molar-refractivity contribution in [3.05, 3.63) is 42.7 Å². The molecule has 0 aliphatic heterocycles. The van der Waals surface area contributed by atoms with Crippen LogP contribution in [0.3, 0.4) is 0 Å². The molecule has 0 spiro atoms. The van der Waals surface area contributed by atoms with Gasteiger partial charge < -0.3 is 10.2 Å². The fourth-order valence-corrected chi connectivity index (χ4v) is 3.94. The Kier molecular flexibility index (Phi) is 6.04. The zero-order valence-electron chi connectivity index (χ0n) is 11.3. The summed E-state index contributed by atoms with van der Waals surface area (Å²) in [5.74, 6) is 0. The summed E-state index contributed by atoms with van der Waals surface area (Å²) in [6, 6.07) is 6.59. The summed E-state index contributed by atoms with van der Waals surface area (Å²) in [6.45, 7) is 6.25. The van der Waals surface area contributed by atoms with E-state index >= 15 is 0 Å². The average Bonchev–Trinajstić information content (AvgIpc) is 2.94. The van der Waals surface area contributed by atoms with Gasteiger partial charge in [0.05, 0.1) is 3.79 Å². The minimum absolute atomic E-state index is 0.982. The van der Waals surface area contributed by atoms with Gasteiger partial charge in [0.25, 0.3) is 0 Å². The van der Waals surface area contributed by atoms with E-state index in [0.717, 1.165) is 26.2 Å². The molecule has 0 amide bonds. The Bertz CT molecular complexity index is 507. The fraction of sp³-hybridized carbons (Fsp3) is 0.429. The molecule has 0 aliphatic rings. The summed E-state index contributed by atoms with van der Waals surface area (Å²) < 4.78 is 1.21. The highest BCUT2D eigenvalue weighted by Gasteiger charge is 2.02. The van der Waals surface area contributed by atoms with Crippen LogP contribution in [-0.2, 0) is 13.1 Å². The van der Waals surface area contributed by atoms with Crippen molar-refractivity contribution < 1.29 is 0 Å². The SMILES string of the molecule is Cc1ccc(CNCCN(C)Cc2csc(Br)c2)s1. The Morgan fingerprint density at radius 2 is 2.21 bits per heavy atom. The molecule has 0 fully saturated rings. The van der Waals surface area contributed by atoms with Crippen molar-refractivity contribution in [3.8, 4) is 0 Å². The first-order valence-electron chi connectivity index (χ1n) is 6.31. The topological polar surface area (TPSA) is 15.3 Å². The Labute approximate surface area is 131 Å². The van der Waals surface area contributed by atoms with Crippen molar-refractivity contribution in [2.75, 3.05) is 20.1 Å². The molecule has 0 radical (unpaired) electrons. The van der Waals surface area contributed by atoms with E-state index in [0.29, 0.717) is 0 Å². The van der Waals surface area contributed by atoms with Crippen LogP contribution in [0.1, 0.15) is 15.3 Å². The molecule has 104 valence electrons. The summed E-state index contributed by atoms with van der Waals surface area (Å²) in [6.07, 6.45) is 0. The second kappa shape index (κ2) is 7.55. The first-order valence-corrected chi connectivity index (χ1v) is 8.80. The monoisotopic (exact) mass is 358 g/mol. The molecule has 2 nitrogen and oxygen atoms in total. The molecule has 1 N–H and O–H groups in total. The largest absolute Gasteiger partial charge is 0.311 e. The zero-order chi connectivity index (χ0) is 13.7. The molecule has 2 aromatic heterocycles. The Hall–Kier alpha value is -0.200. The number of nitrogens with one attached hydrogen (secondary N) is 1. The van der Waals surface area contributed by atoms with Crippen molar-refractivity contribution in [2.24, 2.45) is 0 Å². The smallest absolute Gasteiger partial charge is 0.0701 e. The number of nitrogens with zero attached hydrogens (tertiary/aromatic N) is 1. The van der Waals surface area contributed by atoms with Crippen molar-refractivity contribution >= 4 is 38.6 Å². The van der Waals surface area contributed by atoms with Crippen molar-refractivity contribution in [1.82, 2.24) is 10.2 Å². The summed E-state index contributed by atoms with van der Waals surface area (Å²) >= 11 is 7.12. The lowest BCUT2D eigenvalue weighted by atomic mass is 10.3. The van der Waals surface area contributed by atoms with Gasteiger partial charge in [-0.3, -0.25) is 0 Å². The molecule has 2 rings (SSSR count). The lowest BCUT2D eigenvalue weighted by Crippen LogP contribution is -2.28. The molecular formula is C14H19BrN2S2. The fourth-order valence-electron chi connectivity index (χ4n) is 1.88. The minimum atomic E-state index is 0.982. The van der Waals surface area contributed by atoms with E-state index in [9.17, 15) is 0 Å². The van der Waals surface area contributed by atoms with Gasteiger partial charge in [-0.05, 0) is 59.0 Å². The number of likely N-dealkylation sites (N-methyl/N-ethyl adjacent to an activating group) is 1. The van der Waals surface area contributed by atoms with E-state index in [1.807, 2.05) is 11.3 Å². The summed E-state index contributed by atoms with van der Waals surface area (Å²) in [7, 11) is 2.17. The van der Waals surface area contributed by atoms with Crippen LogP contribution in [0.2, 0.25) is 0 Å². The van der Waals surface area contributed by atoms with Crippen LogP contribution >= 0.6 is 38.6 Å². The highest BCUT2D eigenvalue weighted by molar-refractivity contribution is 9.11. The van der Waals surface area contributed by atoms with Crippen LogP contribution in [-0.4, -0.2) is 25.0 Å². The molecule has 0 aromatic carbocycles. The van der Waals surface area contributed by atoms with E-state index < -0.39 is 0 Å². The van der Waals surface area contributed by atoms with Crippen LogP contribution in [0, 0.1) is 6.92 Å². The predicted molar refractivity (Wildman–Crippen MR) is 89.1 cm³/mol. The first-order chi connectivity index (χ1) is 9.13. The van der Waals surface area contributed by atoms with Crippen molar-refractivity contribution in [1.29, 1.82) is 0 Å². The molecule has 19 heavy (non-hydrogen) atoms. The van der Waals surface area contributed by atoms with Crippen LogP contribution in [0.15, 0.2) is 27.4 Å². The van der Waals surface area contributed by atoms with Crippen molar-refractivity contribution in [2.45, 2.75) is 20.0 Å². The third-order valence-electron chi connectivity index (χ3n) is 2.84. The van der Waals surface area contributed by atoms with Crippen molar-refractivity contribution in [3.63, 3.8) is 0 Å².